The Balaban J connectivity index is 2.48. The third-order valence-corrected chi connectivity index (χ3v) is 4.07. The quantitative estimate of drug-likeness (QED) is 0.808. The largest absolute Gasteiger partial charge is 0.490 e. The van der Waals surface area contributed by atoms with E-state index in [4.69, 9.17) is 14.2 Å². The Kier molecular flexibility index (Phi) is 5.15. The molecule has 2 rings (SSSR count). The minimum atomic E-state index is -0.109. The van der Waals surface area contributed by atoms with Gasteiger partial charge in [0.1, 0.15) is 11.5 Å². The van der Waals surface area contributed by atoms with Crippen LogP contribution in [0.1, 0.15) is 56.4 Å². The van der Waals surface area contributed by atoms with Crippen molar-refractivity contribution in [3.8, 4) is 11.5 Å². The number of hydrogen-bond donors (Lipinski definition) is 0. The Morgan fingerprint density at radius 2 is 1.90 bits per heavy atom. The van der Waals surface area contributed by atoms with Gasteiger partial charge in [-0.2, -0.15) is 0 Å². The van der Waals surface area contributed by atoms with E-state index in [1.807, 2.05) is 6.92 Å². The van der Waals surface area contributed by atoms with Crippen molar-refractivity contribution in [3.63, 3.8) is 0 Å². The Labute approximate surface area is 128 Å². The molecule has 0 bridgehead atoms. The van der Waals surface area contributed by atoms with Gasteiger partial charge in [-0.3, -0.25) is 0 Å². The lowest BCUT2D eigenvalue weighted by Gasteiger charge is -2.31. The zero-order chi connectivity index (χ0) is 15.6. The summed E-state index contributed by atoms with van der Waals surface area (Å²) >= 11 is 0. The molecular formula is C18H28O3. The lowest BCUT2D eigenvalue weighted by atomic mass is 9.91. The van der Waals surface area contributed by atoms with E-state index in [-0.39, 0.29) is 12.4 Å². The minimum absolute atomic E-state index is 0.109. The molecule has 0 amide bonds. The first-order valence-corrected chi connectivity index (χ1v) is 8.09. The van der Waals surface area contributed by atoms with Crippen molar-refractivity contribution in [2.75, 3.05) is 6.61 Å². The lowest BCUT2D eigenvalue weighted by Crippen LogP contribution is -2.27. The molecule has 0 N–H and O–H groups in total. The van der Waals surface area contributed by atoms with Crippen molar-refractivity contribution in [1.82, 2.24) is 0 Å². The van der Waals surface area contributed by atoms with Gasteiger partial charge in [0.05, 0.1) is 6.10 Å². The average molecular weight is 292 g/mol. The van der Waals surface area contributed by atoms with Crippen molar-refractivity contribution in [2.45, 2.75) is 73.2 Å². The predicted octanol–water partition coefficient (Wildman–Crippen LogP) is 4.34. The van der Waals surface area contributed by atoms with E-state index >= 15 is 0 Å². The predicted molar refractivity (Wildman–Crippen MR) is 85.4 cm³/mol. The van der Waals surface area contributed by atoms with Gasteiger partial charge in [0.15, 0.2) is 6.29 Å². The molecule has 0 radical (unpaired) electrons. The maximum Gasteiger partial charge on any atom is 0.200 e. The second-order valence-electron chi connectivity index (χ2n) is 5.93. The third-order valence-electron chi connectivity index (χ3n) is 4.07. The van der Waals surface area contributed by atoms with Crippen molar-refractivity contribution < 1.29 is 14.2 Å². The second-order valence-corrected chi connectivity index (χ2v) is 5.93. The summed E-state index contributed by atoms with van der Waals surface area (Å²) in [5.41, 5.74) is 4.99. The number of ether oxygens (including phenoxy) is 3. The molecule has 0 aromatic heterocycles. The maximum absolute atomic E-state index is 6.11. The Morgan fingerprint density at radius 3 is 2.48 bits per heavy atom. The van der Waals surface area contributed by atoms with Gasteiger partial charge in [0, 0.05) is 24.2 Å². The molecule has 1 heterocycles. The first-order chi connectivity index (χ1) is 9.99. The van der Waals surface area contributed by atoms with Gasteiger partial charge in [-0.1, -0.05) is 6.92 Å². The molecule has 1 aromatic rings. The van der Waals surface area contributed by atoms with Crippen LogP contribution in [0.3, 0.4) is 0 Å². The molecule has 0 fully saturated rings. The normalized spacial score (nSPS) is 17.6. The van der Waals surface area contributed by atoms with Crippen LogP contribution in [0.15, 0.2) is 0 Å². The molecule has 0 spiro atoms. The highest BCUT2D eigenvalue weighted by Crippen LogP contribution is 2.42. The topological polar surface area (TPSA) is 27.7 Å². The Hall–Kier alpha value is -1.22. The highest BCUT2D eigenvalue weighted by molar-refractivity contribution is 5.59. The van der Waals surface area contributed by atoms with E-state index in [0.29, 0.717) is 6.61 Å². The van der Waals surface area contributed by atoms with Gasteiger partial charge in [-0.15, -0.1) is 0 Å². The van der Waals surface area contributed by atoms with Crippen LogP contribution < -0.4 is 9.47 Å². The molecule has 0 saturated carbocycles. The van der Waals surface area contributed by atoms with Crippen LogP contribution in [0.2, 0.25) is 0 Å². The SMILES string of the molecule is CCOC1CCc2c(C)c(OC(C)C)c(CC)c(C)c2O1. The summed E-state index contributed by atoms with van der Waals surface area (Å²) in [4.78, 5) is 0. The zero-order valence-electron chi connectivity index (χ0n) is 14.2. The molecule has 3 heteroatoms. The third kappa shape index (κ3) is 3.18. The van der Waals surface area contributed by atoms with Gasteiger partial charge in [-0.25, -0.2) is 0 Å². The summed E-state index contributed by atoms with van der Waals surface area (Å²) < 4.78 is 17.9. The summed E-state index contributed by atoms with van der Waals surface area (Å²) in [6.45, 7) is 13.3. The number of benzene rings is 1. The van der Waals surface area contributed by atoms with Crippen molar-refractivity contribution >= 4 is 0 Å². The van der Waals surface area contributed by atoms with E-state index < -0.39 is 0 Å². The number of fused-ring (bicyclic) bond motifs is 1. The molecule has 21 heavy (non-hydrogen) atoms. The van der Waals surface area contributed by atoms with Crippen molar-refractivity contribution in [3.05, 3.63) is 22.3 Å². The summed E-state index contributed by atoms with van der Waals surface area (Å²) in [5.74, 6) is 2.08. The van der Waals surface area contributed by atoms with Crippen LogP contribution >= 0.6 is 0 Å². The zero-order valence-corrected chi connectivity index (χ0v) is 14.2. The molecule has 0 aliphatic carbocycles. The maximum atomic E-state index is 6.11. The van der Waals surface area contributed by atoms with E-state index in [2.05, 4.69) is 34.6 Å². The van der Waals surface area contributed by atoms with Crippen LogP contribution in [-0.2, 0) is 17.6 Å². The fourth-order valence-electron chi connectivity index (χ4n) is 3.10. The molecule has 1 aliphatic rings. The van der Waals surface area contributed by atoms with Gasteiger partial charge >= 0.3 is 0 Å². The summed E-state index contributed by atoms with van der Waals surface area (Å²) in [5, 5.41) is 0. The van der Waals surface area contributed by atoms with Crippen molar-refractivity contribution in [2.24, 2.45) is 0 Å². The number of hydrogen-bond acceptors (Lipinski definition) is 3. The fourth-order valence-corrected chi connectivity index (χ4v) is 3.10. The number of rotatable bonds is 5. The second kappa shape index (κ2) is 6.69. The van der Waals surface area contributed by atoms with E-state index in [1.54, 1.807) is 0 Å². The fraction of sp³-hybridized carbons (Fsp3) is 0.667. The molecule has 1 atom stereocenters. The van der Waals surface area contributed by atoms with Crippen LogP contribution in [0.25, 0.3) is 0 Å². The van der Waals surface area contributed by atoms with E-state index in [1.165, 1.54) is 22.3 Å². The van der Waals surface area contributed by atoms with E-state index in [9.17, 15) is 0 Å². The molecular weight excluding hydrogens is 264 g/mol. The molecule has 1 aliphatic heterocycles. The molecule has 1 aromatic carbocycles. The van der Waals surface area contributed by atoms with Crippen LogP contribution in [0.4, 0.5) is 0 Å². The monoisotopic (exact) mass is 292 g/mol. The summed E-state index contributed by atoms with van der Waals surface area (Å²) in [6.07, 6.45) is 2.93. The van der Waals surface area contributed by atoms with Gasteiger partial charge in [0.2, 0.25) is 0 Å². The van der Waals surface area contributed by atoms with Gasteiger partial charge in [-0.05, 0) is 58.6 Å². The lowest BCUT2D eigenvalue weighted by molar-refractivity contribution is -0.0866. The minimum Gasteiger partial charge on any atom is -0.490 e. The first kappa shape index (κ1) is 16.2. The smallest absolute Gasteiger partial charge is 0.200 e. The van der Waals surface area contributed by atoms with Gasteiger partial charge < -0.3 is 14.2 Å². The highest BCUT2D eigenvalue weighted by Gasteiger charge is 2.27. The standard InChI is InChI=1S/C18H28O3/c1-7-14-12(5)18-15(9-10-16(21-18)19-8-2)13(6)17(14)20-11(3)4/h11,16H,7-10H2,1-6H3. The van der Waals surface area contributed by atoms with Crippen LogP contribution in [-0.4, -0.2) is 19.0 Å². The van der Waals surface area contributed by atoms with Gasteiger partial charge in [0.25, 0.3) is 0 Å². The van der Waals surface area contributed by atoms with E-state index in [0.717, 1.165) is 30.8 Å². The summed E-state index contributed by atoms with van der Waals surface area (Å²) in [7, 11) is 0. The summed E-state index contributed by atoms with van der Waals surface area (Å²) in [6, 6.07) is 0. The highest BCUT2D eigenvalue weighted by atomic mass is 16.7. The Bertz CT molecular complexity index is 506. The average Bonchev–Trinajstić information content (AvgIpc) is 2.45. The molecule has 0 saturated heterocycles. The molecule has 1 unspecified atom stereocenters. The van der Waals surface area contributed by atoms with Crippen LogP contribution in [0, 0.1) is 13.8 Å². The van der Waals surface area contributed by atoms with Crippen LogP contribution in [0.5, 0.6) is 11.5 Å². The first-order valence-electron chi connectivity index (χ1n) is 8.09. The molecule has 118 valence electrons. The van der Waals surface area contributed by atoms with Crippen molar-refractivity contribution in [1.29, 1.82) is 0 Å². The Morgan fingerprint density at radius 1 is 1.19 bits per heavy atom. The molecule has 3 nitrogen and oxygen atoms in total.